The van der Waals surface area contributed by atoms with E-state index in [0.717, 1.165) is 6.42 Å². The number of amides is 1. The molecule has 0 aliphatic carbocycles. The van der Waals surface area contributed by atoms with Gasteiger partial charge in [-0.2, -0.15) is 0 Å². The van der Waals surface area contributed by atoms with Crippen LogP contribution >= 0.6 is 0 Å². The van der Waals surface area contributed by atoms with Crippen LogP contribution in [0.4, 0.5) is 0 Å². The lowest BCUT2D eigenvalue weighted by atomic mass is 10.0. The number of rotatable bonds is 9. The van der Waals surface area contributed by atoms with E-state index in [9.17, 15) is 9.59 Å². The van der Waals surface area contributed by atoms with Crippen LogP contribution in [0.25, 0.3) is 0 Å². The molecule has 0 aromatic carbocycles. The summed E-state index contributed by atoms with van der Waals surface area (Å²) in [6.07, 6.45) is 2.45. The zero-order valence-corrected chi connectivity index (χ0v) is 10.9. The van der Waals surface area contributed by atoms with Crippen LogP contribution in [-0.4, -0.2) is 36.7 Å². The third kappa shape index (κ3) is 7.74. The molecule has 0 fully saturated rings. The molecule has 0 aromatic heterocycles. The Morgan fingerprint density at radius 1 is 1.35 bits per heavy atom. The van der Waals surface area contributed by atoms with Gasteiger partial charge in [-0.05, 0) is 19.8 Å². The van der Waals surface area contributed by atoms with Gasteiger partial charge >= 0.3 is 5.97 Å². The molecule has 0 bridgehead atoms. The summed E-state index contributed by atoms with van der Waals surface area (Å²) in [5, 5.41) is 11.6. The van der Waals surface area contributed by atoms with Crippen molar-refractivity contribution in [3.05, 3.63) is 0 Å². The maximum absolute atomic E-state index is 11.4. The minimum Gasteiger partial charge on any atom is -0.481 e. The molecule has 5 nitrogen and oxygen atoms in total. The van der Waals surface area contributed by atoms with Crippen molar-refractivity contribution in [3.8, 4) is 0 Å². The van der Waals surface area contributed by atoms with E-state index in [-0.39, 0.29) is 18.6 Å². The number of nitrogens with one attached hydrogen (secondary N) is 1. The number of aliphatic carboxylic acids is 1. The van der Waals surface area contributed by atoms with Gasteiger partial charge in [-0.25, -0.2) is 0 Å². The summed E-state index contributed by atoms with van der Waals surface area (Å²) >= 11 is 0. The number of hydrogen-bond donors (Lipinski definition) is 2. The average Bonchev–Trinajstić information content (AvgIpc) is 2.30. The predicted molar refractivity (Wildman–Crippen MR) is 64.7 cm³/mol. The maximum atomic E-state index is 11.4. The first-order valence-corrected chi connectivity index (χ1v) is 6.03. The second-order valence-electron chi connectivity index (χ2n) is 4.21. The summed E-state index contributed by atoms with van der Waals surface area (Å²) in [6, 6.07) is 0. The molecule has 0 rings (SSSR count). The van der Waals surface area contributed by atoms with Crippen LogP contribution in [-0.2, 0) is 14.3 Å². The summed E-state index contributed by atoms with van der Waals surface area (Å²) < 4.78 is 5.03. The number of carboxylic acid groups (broad SMARTS) is 1. The van der Waals surface area contributed by atoms with Gasteiger partial charge in [0, 0.05) is 20.1 Å². The van der Waals surface area contributed by atoms with Crippen LogP contribution in [0.1, 0.15) is 39.5 Å². The van der Waals surface area contributed by atoms with E-state index in [1.54, 1.807) is 7.11 Å². The Labute approximate surface area is 103 Å². The predicted octanol–water partition coefficient (Wildman–Crippen LogP) is 1.42. The quantitative estimate of drug-likeness (QED) is 0.644. The number of carbonyl (C=O) groups is 2. The molecule has 0 radical (unpaired) electrons. The Morgan fingerprint density at radius 2 is 2.00 bits per heavy atom. The molecule has 0 spiro atoms. The van der Waals surface area contributed by atoms with Crippen molar-refractivity contribution < 1.29 is 19.4 Å². The van der Waals surface area contributed by atoms with Crippen molar-refractivity contribution in [2.75, 3.05) is 13.7 Å². The fourth-order valence-corrected chi connectivity index (χ4v) is 1.44. The third-order valence-electron chi connectivity index (χ3n) is 2.71. The van der Waals surface area contributed by atoms with Crippen LogP contribution in [0.2, 0.25) is 0 Å². The lowest BCUT2D eigenvalue weighted by Gasteiger charge is -2.13. The van der Waals surface area contributed by atoms with Gasteiger partial charge in [0.05, 0.1) is 12.0 Å². The third-order valence-corrected chi connectivity index (χ3v) is 2.71. The van der Waals surface area contributed by atoms with E-state index in [2.05, 4.69) is 5.32 Å². The van der Waals surface area contributed by atoms with Gasteiger partial charge < -0.3 is 15.2 Å². The summed E-state index contributed by atoms with van der Waals surface area (Å²) in [5.74, 6) is -1.45. The maximum Gasteiger partial charge on any atom is 0.308 e. The van der Waals surface area contributed by atoms with Crippen molar-refractivity contribution in [3.63, 3.8) is 0 Å². The molecule has 17 heavy (non-hydrogen) atoms. The Balaban J connectivity index is 3.84. The summed E-state index contributed by atoms with van der Waals surface area (Å²) in [4.78, 5) is 22.3. The van der Waals surface area contributed by atoms with Crippen molar-refractivity contribution in [1.82, 2.24) is 5.32 Å². The Hall–Kier alpha value is -1.10. The highest BCUT2D eigenvalue weighted by atomic mass is 16.5. The van der Waals surface area contributed by atoms with Gasteiger partial charge in [0.2, 0.25) is 5.91 Å². The molecule has 0 aromatic rings. The van der Waals surface area contributed by atoms with E-state index < -0.39 is 11.9 Å². The van der Waals surface area contributed by atoms with Gasteiger partial charge in [-0.3, -0.25) is 9.59 Å². The Bertz CT molecular complexity index is 243. The Morgan fingerprint density at radius 3 is 2.47 bits per heavy atom. The molecule has 100 valence electrons. The highest BCUT2D eigenvalue weighted by molar-refractivity contribution is 5.77. The topological polar surface area (TPSA) is 75.6 Å². The smallest absolute Gasteiger partial charge is 0.308 e. The van der Waals surface area contributed by atoms with Gasteiger partial charge in [0.1, 0.15) is 0 Å². The van der Waals surface area contributed by atoms with Gasteiger partial charge in [-0.15, -0.1) is 0 Å². The zero-order valence-electron chi connectivity index (χ0n) is 10.9. The zero-order chi connectivity index (χ0) is 13.3. The van der Waals surface area contributed by atoms with Crippen LogP contribution < -0.4 is 5.32 Å². The number of carbonyl (C=O) groups excluding carboxylic acids is 1. The number of methoxy groups -OCH3 is 1. The SMILES string of the molecule is CCCC(CNC(=O)CCC(C)OC)C(=O)O. The molecule has 2 unspecified atom stereocenters. The molecular weight excluding hydrogens is 222 g/mol. The van der Waals surface area contributed by atoms with Crippen LogP contribution in [0.5, 0.6) is 0 Å². The van der Waals surface area contributed by atoms with Gasteiger partial charge in [0.15, 0.2) is 0 Å². The Kier molecular flexibility index (Phi) is 8.40. The van der Waals surface area contributed by atoms with E-state index in [1.165, 1.54) is 0 Å². The second-order valence-corrected chi connectivity index (χ2v) is 4.21. The monoisotopic (exact) mass is 245 g/mol. The lowest BCUT2D eigenvalue weighted by Crippen LogP contribution is -2.33. The molecule has 0 saturated heterocycles. The van der Waals surface area contributed by atoms with Crippen molar-refractivity contribution in [2.45, 2.75) is 45.6 Å². The van der Waals surface area contributed by atoms with Crippen molar-refractivity contribution >= 4 is 11.9 Å². The highest BCUT2D eigenvalue weighted by Gasteiger charge is 2.17. The number of hydrogen-bond acceptors (Lipinski definition) is 3. The van der Waals surface area contributed by atoms with E-state index in [4.69, 9.17) is 9.84 Å². The van der Waals surface area contributed by atoms with E-state index in [1.807, 2.05) is 13.8 Å². The van der Waals surface area contributed by atoms with E-state index >= 15 is 0 Å². The van der Waals surface area contributed by atoms with Gasteiger partial charge in [-0.1, -0.05) is 13.3 Å². The van der Waals surface area contributed by atoms with Crippen LogP contribution in [0, 0.1) is 5.92 Å². The largest absolute Gasteiger partial charge is 0.481 e. The first-order valence-electron chi connectivity index (χ1n) is 6.03. The fourth-order valence-electron chi connectivity index (χ4n) is 1.44. The molecular formula is C12H23NO4. The molecule has 2 atom stereocenters. The number of ether oxygens (including phenoxy) is 1. The molecule has 0 heterocycles. The van der Waals surface area contributed by atoms with Crippen molar-refractivity contribution in [1.29, 1.82) is 0 Å². The first kappa shape index (κ1) is 15.9. The van der Waals surface area contributed by atoms with Gasteiger partial charge in [0.25, 0.3) is 0 Å². The highest BCUT2D eigenvalue weighted by Crippen LogP contribution is 2.06. The molecule has 0 aliphatic rings. The molecule has 0 saturated carbocycles. The van der Waals surface area contributed by atoms with Crippen molar-refractivity contribution in [2.24, 2.45) is 5.92 Å². The molecule has 5 heteroatoms. The van der Waals surface area contributed by atoms with Crippen LogP contribution in [0.15, 0.2) is 0 Å². The first-order chi connectivity index (χ1) is 8.01. The standard InChI is InChI=1S/C12H23NO4/c1-4-5-10(12(15)16)8-13-11(14)7-6-9(2)17-3/h9-10H,4-8H2,1-3H3,(H,13,14)(H,15,16). The summed E-state index contributed by atoms with van der Waals surface area (Å²) in [5.41, 5.74) is 0. The molecule has 2 N–H and O–H groups in total. The minimum atomic E-state index is -0.850. The van der Waals surface area contributed by atoms with Crippen LogP contribution in [0.3, 0.4) is 0 Å². The normalized spacial score (nSPS) is 14.1. The van der Waals surface area contributed by atoms with E-state index in [0.29, 0.717) is 19.3 Å². The lowest BCUT2D eigenvalue weighted by molar-refractivity contribution is -0.141. The average molecular weight is 245 g/mol. The molecule has 0 aliphatic heterocycles. The summed E-state index contributed by atoms with van der Waals surface area (Å²) in [6.45, 7) is 4.03. The number of carboxylic acids is 1. The fraction of sp³-hybridized carbons (Fsp3) is 0.833. The molecule has 1 amide bonds. The summed E-state index contributed by atoms with van der Waals surface area (Å²) in [7, 11) is 1.60. The second kappa shape index (κ2) is 8.98. The minimum absolute atomic E-state index is 0.0478.